The van der Waals surface area contributed by atoms with Crippen molar-refractivity contribution in [2.45, 2.75) is 6.92 Å². The summed E-state index contributed by atoms with van der Waals surface area (Å²) in [5.41, 5.74) is 9.10. The van der Waals surface area contributed by atoms with Gasteiger partial charge in [-0.1, -0.05) is 0 Å². The molecule has 0 radical (unpaired) electrons. The zero-order chi connectivity index (χ0) is 16.5. The second-order valence-electron chi connectivity index (χ2n) is 5.41. The van der Waals surface area contributed by atoms with Crippen LogP contribution in [0.3, 0.4) is 0 Å². The molecule has 0 aliphatic rings. The number of nitrogens with zero attached hydrogens (tertiary/aromatic N) is 3. The lowest BCUT2D eigenvalue weighted by atomic mass is 10.0. The van der Waals surface area contributed by atoms with Crippen molar-refractivity contribution in [3.05, 3.63) is 60.6 Å². The van der Waals surface area contributed by atoms with E-state index in [1.807, 2.05) is 37.3 Å². The van der Waals surface area contributed by atoms with Crippen LogP contribution < -0.4 is 10.5 Å². The summed E-state index contributed by atoms with van der Waals surface area (Å²) in [6.07, 6.45) is 3.04. The number of nitrogen functional groups attached to an aromatic ring is 1. The van der Waals surface area contributed by atoms with E-state index in [0.717, 1.165) is 22.0 Å². The Morgan fingerprint density at radius 1 is 1.08 bits per heavy atom. The quantitative estimate of drug-likeness (QED) is 0.575. The number of pyridine rings is 1. The van der Waals surface area contributed by atoms with Crippen molar-refractivity contribution < 1.29 is 9.15 Å². The molecule has 0 amide bonds. The van der Waals surface area contributed by atoms with Crippen LogP contribution in [-0.4, -0.2) is 15.2 Å². The molecule has 0 saturated carbocycles. The highest BCUT2D eigenvalue weighted by atomic mass is 16.5. The lowest BCUT2D eigenvalue weighted by molar-refractivity contribution is 0.488. The fourth-order valence-electron chi connectivity index (χ4n) is 2.54. The van der Waals surface area contributed by atoms with Crippen molar-refractivity contribution in [3.63, 3.8) is 0 Å². The van der Waals surface area contributed by atoms with Gasteiger partial charge in [-0.15, -0.1) is 10.2 Å². The van der Waals surface area contributed by atoms with Crippen molar-refractivity contribution in [2.75, 3.05) is 5.73 Å². The van der Waals surface area contributed by atoms with E-state index in [1.54, 1.807) is 18.3 Å². The summed E-state index contributed by atoms with van der Waals surface area (Å²) in [6, 6.07) is 13.0. The van der Waals surface area contributed by atoms with Crippen molar-refractivity contribution in [3.8, 4) is 23.0 Å². The molecule has 0 aliphatic carbocycles. The molecule has 118 valence electrons. The van der Waals surface area contributed by atoms with Crippen LogP contribution in [0.2, 0.25) is 0 Å². The van der Waals surface area contributed by atoms with Crippen LogP contribution in [0.5, 0.6) is 11.5 Å². The van der Waals surface area contributed by atoms with Crippen LogP contribution in [-0.2, 0) is 0 Å². The zero-order valence-corrected chi connectivity index (χ0v) is 12.9. The maximum absolute atomic E-state index is 6.00. The molecule has 0 aliphatic heterocycles. The third-order valence-corrected chi connectivity index (χ3v) is 3.75. The highest BCUT2D eigenvalue weighted by Gasteiger charge is 2.12. The fourth-order valence-corrected chi connectivity index (χ4v) is 2.54. The van der Waals surface area contributed by atoms with E-state index in [4.69, 9.17) is 14.9 Å². The average Bonchev–Trinajstić information content (AvgIpc) is 3.11. The second kappa shape index (κ2) is 5.66. The van der Waals surface area contributed by atoms with E-state index in [1.165, 1.54) is 6.39 Å². The Labute approximate surface area is 137 Å². The third kappa shape index (κ3) is 2.54. The maximum Gasteiger partial charge on any atom is 0.247 e. The number of aromatic nitrogens is 3. The summed E-state index contributed by atoms with van der Waals surface area (Å²) in [4.78, 5) is 4.41. The lowest BCUT2D eigenvalue weighted by Gasteiger charge is -2.11. The summed E-state index contributed by atoms with van der Waals surface area (Å²) < 4.78 is 11.3. The molecule has 0 fully saturated rings. The molecular formula is C18H14N4O2. The zero-order valence-electron chi connectivity index (χ0n) is 12.9. The second-order valence-corrected chi connectivity index (χ2v) is 5.41. The fraction of sp³-hybridized carbons (Fsp3) is 0.0556. The van der Waals surface area contributed by atoms with Gasteiger partial charge in [0.1, 0.15) is 11.5 Å². The van der Waals surface area contributed by atoms with Gasteiger partial charge < -0.3 is 14.9 Å². The summed E-state index contributed by atoms with van der Waals surface area (Å²) in [5.74, 6) is 1.87. The number of hydrogen-bond acceptors (Lipinski definition) is 6. The number of rotatable bonds is 3. The number of hydrogen-bond donors (Lipinski definition) is 1. The lowest BCUT2D eigenvalue weighted by Crippen LogP contribution is -1.91. The topological polar surface area (TPSA) is 87.1 Å². The van der Waals surface area contributed by atoms with Crippen LogP contribution in [0.25, 0.3) is 22.4 Å². The summed E-state index contributed by atoms with van der Waals surface area (Å²) in [5, 5.41) is 8.60. The van der Waals surface area contributed by atoms with Gasteiger partial charge in [-0.05, 0) is 55.0 Å². The van der Waals surface area contributed by atoms with E-state index < -0.39 is 0 Å². The molecule has 0 unspecified atom stereocenters. The Bertz CT molecular complexity index is 996. The summed E-state index contributed by atoms with van der Waals surface area (Å²) >= 11 is 0. The van der Waals surface area contributed by atoms with Crippen LogP contribution >= 0.6 is 0 Å². The number of aryl methyl sites for hydroxylation is 1. The molecule has 6 heteroatoms. The first-order valence-corrected chi connectivity index (χ1v) is 7.40. The van der Waals surface area contributed by atoms with Crippen LogP contribution in [0, 0.1) is 6.92 Å². The van der Waals surface area contributed by atoms with Crippen molar-refractivity contribution in [1.29, 1.82) is 0 Å². The maximum atomic E-state index is 6.00. The molecule has 0 saturated heterocycles. The minimum atomic E-state index is 0.469. The van der Waals surface area contributed by atoms with Crippen LogP contribution in [0.4, 0.5) is 5.69 Å². The molecule has 6 nitrogen and oxygen atoms in total. The minimum absolute atomic E-state index is 0.469. The summed E-state index contributed by atoms with van der Waals surface area (Å²) in [6.45, 7) is 1.98. The molecule has 2 N–H and O–H groups in total. The van der Waals surface area contributed by atoms with Gasteiger partial charge in [0.05, 0.1) is 5.52 Å². The van der Waals surface area contributed by atoms with Crippen LogP contribution in [0.15, 0.2) is 59.5 Å². The predicted octanol–water partition coefficient (Wildman–Crippen LogP) is 3.97. The van der Waals surface area contributed by atoms with Gasteiger partial charge in [0.25, 0.3) is 0 Å². The average molecular weight is 318 g/mol. The Morgan fingerprint density at radius 3 is 2.67 bits per heavy atom. The third-order valence-electron chi connectivity index (χ3n) is 3.75. The molecule has 4 rings (SSSR count). The van der Waals surface area contributed by atoms with E-state index in [2.05, 4.69) is 15.2 Å². The van der Waals surface area contributed by atoms with Gasteiger partial charge in [0, 0.05) is 22.8 Å². The first-order valence-electron chi connectivity index (χ1n) is 7.40. The highest BCUT2D eigenvalue weighted by molar-refractivity contribution is 5.90. The molecule has 0 bridgehead atoms. The highest BCUT2D eigenvalue weighted by Crippen LogP contribution is 2.33. The first kappa shape index (κ1) is 14.2. The molecule has 0 atom stereocenters. The molecule has 2 aromatic carbocycles. The van der Waals surface area contributed by atoms with E-state index in [-0.39, 0.29) is 0 Å². The summed E-state index contributed by atoms with van der Waals surface area (Å²) in [7, 11) is 0. The Hall–Kier alpha value is -3.41. The Balaban J connectivity index is 1.83. The van der Waals surface area contributed by atoms with Crippen molar-refractivity contribution in [2.24, 2.45) is 0 Å². The Morgan fingerprint density at radius 2 is 1.92 bits per heavy atom. The number of anilines is 1. The van der Waals surface area contributed by atoms with Gasteiger partial charge in [0.15, 0.2) is 0 Å². The molecule has 2 heterocycles. The number of ether oxygens (including phenoxy) is 1. The SMILES string of the molecule is Cc1cc2nccc(Oc3ccc(N)cc3)c2cc1-c1nnco1. The van der Waals surface area contributed by atoms with Gasteiger partial charge in [-0.3, -0.25) is 4.98 Å². The smallest absolute Gasteiger partial charge is 0.247 e. The number of nitrogens with two attached hydrogens (primary N) is 1. The van der Waals surface area contributed by atoms with Gasteiger partial charge in [-0.25, -0.2) is 0 Å². The molecule has 24 heavy (non-hydrogen) atoms. The number of benzene rings is 2. The van der Waals surface area contributed by atoms with Gasteiger partial charge in [0.2, 0.25) is 12.3 Å². The van der Waals surface area contributed by atoms with E-state index in [9.17, 15) is 0 Å². The van der Waals surface area contributed by atoms with E-state index >= 15 is 0 Å². The van der Waals surface area contributed by atoms with E-state index in [0.29, 0.717) is 23.1 Å². The van der Waals surface area contributed by atoms with Crippen molar-refractivity contribution in [1.82, 2.24) is 15.2 Å². The normalized spacial score (nSPS) is 10.9. The molecular weight excluding hydrogens is 304 g/mol. The first-order chi connectivity index (χ1) is 11.7. The van der Waals surface area contributed by atoms with Gasteiger partial charge >= 0.3 is 0 Å². The minimum Gasteiger partial charge on any atom is -0.457 e. The molecule has 2 aromatic heterocycles. The molecule has 4 aromatic rings. The Kier molecular flexibility index (Phi) is 3.35. The van der Waals surface area contributed by atoms with Crippen LogP contribution in [0.1, 0.15) is 5.56 Å². The monoisotopic (exact) mass is 318 g/mol. The number of fused-ring (bicyclic) bond motifs is 1. The standard InChI is InChI=1S/C18H14N4O2/c1-11-8-16-15(9-14(11)18-22-21-10-23-18)17(6-7-20-16)24-13-4-2-12(19)3-5-13/h2-10H,19H2,1H3. The predicted molar refractivity (Wildman–Crippen MR) is 90.7 cm³/mol. The largest absolute Gasteiger partial charge is 0.457 e. The van der Waals surface area contributed by atoms with Gasteiger partial charge in [-0.2, -0.15) is 0 Å². The molecule has 0 spiro atoms. The van der Waals surface area contributed by atoms with Crippen molar-refractivity contribution >= 4 is 16.6 Å².